The largest absolute Gasteiger partial charge is 0.330 e. The number of halogens is 1. The fourth-order valence-electron chi connectivity index (χ4n) is 6.40. The number of nitriles is 1. The minimum Gasteiger partial charge on any atom is -0.330 e. The van der Waals surface area contributed by atoms with Gasteiger partial charge in [-0.3, -0.25) is 14.5 Å². The lowest BCUT2D eigenvalue weighted by atomic mass is 9.99. The molecular weight excluding hydrogens is 409 g/mol. The van der Waals surface area contributed by atoms with E-state index in [0.29, 0.717) is 24.9 Å². The van der Waals surface area contributed by atoms with Crippen molar-refractivity contribution in [1.82, 2.24) is 14.7 Å². The van der Waals surface area contributed by atoms with Crippen molar-refractivity contribution in [2.24, 2.45) is 17.6 Å². The Morgan fingerprint density at radius 2 is 1.97 bits per heavy atom. The van der Waals surface area contributed by atoms with Crippen molar-refractivity contribution in [3.63, 3.8) is 0 Å². The van der Waals surface area contributed by atoms with Crippen LogP contribution < -0.4 is 5.73 Å². The van der Waals surface area contributed by atoms with E-state index >= 15 is 0 Å². The third-order valence-corrected chi connectivity index (χ3v) is 8.15. The first-order chi connectivity index (χ1) is 15.5. The summed E-state index contributed by atoms with van der Waals surface area (Å²) in [5.74, 6) is 0.568. The number of piperazine rings is 1. The van der Waals surface area contributed by atoms with Crippen molar-refractivity contribution in [2.75, 3.05) is 13.1 Å². The summed E-state index contributed by atoms with van der Waals surface area (Å²) in [6.07, 6.45) is 4.66. The van der Waals surface area contributed by atoms with Crippen molar-refractivity contribution < 1.29 is 14.0 Å². The molecular formula is C24H28FN5O2. The summed E-state index contributed by atoms with van der Waals surface area (Å²) in [5, 5.41) is 9.38. The van der Waals surface area contributed by atoms with E-state index in [-0.39, 0.29) is 47.8 Å². The highest BCUT2D eigenvalue weighted by Gasteiger charge is 2.57. The fraction of sp³-hybridized carbons (Fsp3) is 0.625. The van der Waals surface area contributed by atoms with Crippen LogP contribution in [0.2, 0.25) is 0 Å². The molecule has 2 N–H and O–H groups in total. The molecule has 3 heterocycles. The molecule has 3 saturated heterocycles. The summed E-state index contributed by atoms with van der Waals surface area (Å²) < 4.78 is 13.4. The lowest BCUT2D eigenvalue weighted by Crippen LogP contribution is -2.57. The Bertz CT molecular complexity index is 989. The Morgan fingerprint density at radius 3 is 2.62 bits per heavy atom. The normalized spacial score (nSPS) is 35.0. The SMILES string of the molecule is N#C[C@@H]1C[C@@H]2CC2N1C(=O)[C@@H](N)CN1C[C@H]2C[C@@H]1C(=O)N2[C@@H](c1ccc(F)cc1)C1CC1. The number of amides is 2. The molecule has 7 nitrogen and oxygen atoms in total. The number of fused-ring (bicyclic) bond motifs is 3. The second-order valence-corrected chi connectivity index (χ2v) is 10.2. The number of benzene rings is 1. The zero-order valence-electron chi connectivity index (χ0n) is 17.9. The van der Waals surface area contributed by atoms with Crippen molar-refractivity contribution in [3.8, 4) is 6.07 Å². The standard InChI is InChI=1S/C24H28FN5O2/c25-16-5-3-14(4-6-16)22(13-1-2-13)30-18-9-21(24(30)32)28(11-18)12-19(27)23(31)29-17(10-26)7-15-8-20(15)29/h3-6,13,15,17-22H,1-2,7-9,11-12,27H2/t15-,17+,18-,19+,20?,21-,22-/m1/s1. The predicted octanol–water partition coefficient (Wildman–Crippen LogP) is 1.40. The summed E-state index contributed by atoms with van der Waals surface area (Å²) in [6, 6.07) is 7.73. The summed E-state index contributed by atoms with van der Waals surface area (Å²) in [6.45, 7) is 1.05. The number of hydrogen-bond donors (Lipinski definition) is 1. The highest BCUT2D eigenvalue weighted by molar-refractivity contribution is 5.87. The Balaban J connectivity index is 1.14. The Morgan fingerprint density at radius 1 is 1.22 bits per heavy atom. The van der Waals surface area contributed by atoms with Gasteiger partial charge in [0.1, 0.15) is 11.9 Å². The molecule has 0 spiro atoms. The first-order valence-electron chi connectivity index (χ1n) is 11.8. The fourth-order valence-corrected chi connectivity index (χ4v) is 6.40. The van der Waals surface area contributed by atoms with E-state index in [0.717, 1.165) is 37.7 Å². The van der Waals surface area contributed by atoms with Crippen LogP contribution in [-0.4, -0.2) is 69.8 Å². The molecule has 0 radical (unpaired) electrons. The Kier molecular flexibility index (Phi) is 4.57. The van der Waals surface area contributed by atoms with Crippen molar-refractivity contribution in [1.29, 1.82) is 5.26 Å². The number of piperidine rings is 1. The monoisotopic (exact) mass is 437 g/mol. The van der Waals surface area contributed by atoms with Gasteiger partial charge in [0.15, 0.2) is 0 Å². The number of carbonyl (C=O) groups is 2. The highest BCUT2D eigenvalue weighted by atomic mass is 19.1. The molecule has 2 saturated carbocycles. The second-order valence-electron chi connectivity index (χ2n) is 10.2. The minimum atomic E-state index is -0.720. The zero-order valence-corrected chi connectivity index (χ0v) is 17.9. The molecule has 1 aromatic carbocycles. The second kappa shape index (κ2) is 7.26. The number of nitrogens with zero attached hydrogens (tertiary/aromatic N) is 4. The zero-order chi connectivity index (χ0) is 22.1. The summed E-state index contributed by atoms with van der Waals surface area (Å²) in [5.41, 5.74) is 7.31. The van der Waals surface area contributed by atoms with Crippen LogP contribution in [0.3, 0.4) is 0 Å². The average Bonchev–Trinajstić information content (AvgIpc) is 3.67. The van der Waals surface area contributed by atoms with Gasteiger partial charge in [0.05, 0.1) is 24.2 Å². The first-order valence-corrected chi connectivity index (χ1v) is 11.8. The maximum atomic E-state index is 13.4. The molecule has 32 heavy (non-hydrogen) atoms. The molecule has 0 aromatic heterocycles. The summed E-state index contributed by atoms with van der Waals surface area (Å²) in [7, 11) is 0. The lowest BCUT2D eigenvalue weighted by molar-refractivity contribution is -0.142. The van der Waals surface area contributed by atoms with Crippen molar-refractivity contribution >= 4 is 11.8 Å². The van der Waals surface area contributed by atoms with Crippen LogP contribution in [0.1, 0.15) is 43.7 Å². The van der Waals surface area contributed by atoms with E-state index in [1.807, 2.05) is 4.90 Å². The molecule has 2 bridgehead atoms. The molecule has 2 amide bonds. The lowest BCUT2D eigenvalue weighted by Gasteiger charge is -2.40. The molecule has 5 fully saturated rings. The van der Waals surface area contributed by atoms with Crippen molar-refractivity contribution in [3.05, 3.63) is 35.6 Å². The molecule has 3 aliphatic heterocycles. The first kappa shape index (κ1) is 20.1. The summed E-state index contributed by atoms with van der Waals surface area (Å²) >= 11 is 0. The van der Waals surface area contributed by atoms with Gasteiger partial charge in [-0.05, 0) is 61.6 Å². The van der Waals surface area contributed by atoms with Crippen molar-refractivity contribution in [2.45, 2.75) is 68.4 Å². The molecule has 6 rings (SSSR count). The number of nitrogens with two attached hydrogens (primary N) is 1. The van der Waals surface area contributed by atoms with Crippen LogP contribution in [0.15, 0.2) is 24.3 Å². The Hall–Kier alpha value is -2.50. The van der Waals surface area contributed by atoms with E-state index < -0.39 is 6.04 Å². The smallest absolute Gasteiger partial charge is 0.242 e. The maximum Gasteiger partial charge on any atom is 0.242 e. The molecule has 8 heteroatoms. The van der Waals surface area contributed by atoms with Crippen LogP contribution in [0.25, 0.3) is 0 Å². The van der Waals surface area contributed by atoms with Gasteiger partial charge in [-0.15, -0.1) is 0 Å². The number of rotatable bonds is 6. The Labute approximate surface area is 186 Å². The molecule has 1 aromatic rings. The van der Waals surface area contributed by atoms with Gasteiger partial charge in [-0.1, -0.05) is 12.1 Å². The third kappa shape index (κ3) is 3.13. The minimum absolute atomic E-state index is 0.00309. The molecule has 2 aliphatic carbocycles. The van der Waals surface area contributed by atoms with E-state index in [1.54, 1.807) is 17.0 Å². The molecule has 168 valence electrons. The molecule has 5 aliphatic rings. The highest BCUT2D eigenvalue weighted by Crippen LogP contribution is 2.50. The molecule has 7 atom stereocenters. The summed E-state index contributed by atoms with van der Waals surface area (Å²) in [4.78, 5) is 32.2. The van der Waals surface area contributed by atoms with Gasteiger partial charge < -0.3 is 15.5 Å². The number of likely N-dealkylation sites (tertiary alicyclic amines) is 3. The van der Waals surface area contributed by atoms with Crippen LogP contribution in [0.5, 0.6) is 0 Å². The van der Waals surface area contributed by atoms with Gasteiger partial charge in [0, 0.05) is 25.2 Å². The number of carbonyl (C=O) groups excluding carboxylic acids is 2. The van der Waals surface area contributed by atoms with Crippen LogP contribution in [0.4, 0.5) is 4.39 Å². The average molecular weight is 438 g/mol. The molecule has 1 unspecified atom stereocenters. The topological polar surface area (TPSA) is 93.7 Å². The van der Waals surface area contributed by atoms with E-state index in [9.17, 15) is 19.2 Å². The van der Waals surface area contributed by atoms with Crippen LogP contribution >= 0.6 is 0 Å². The van der Waals surface area contributed by atoms with Crippen LogP contribution in [0, 0.1) is 29.0 Å². The van der Waals surface area contributed by atoms with E-state index in [4.69, 9.17) is 5.73 Å². The third-order valence-electron chi connectivity index (χ3n) is 8.15. The number of hydrogen-bond acceptors (Lipinski definition) is 5. The van der Waals surface area contributed by atoms with Gasteiger partial charge in [0.2, 0.25) is 11.8 Å². The predicted molar refractivity (Wildman–Crippen MR) is 113 cm³/mol. The van der Waals surface area contributed by atoms with E-state index in [1.165, 1.54) is 12.1 Å². The van der Waals surface area contributed by atoms with Gasteiger partial charge in [-0.25, -0.2) is 4.39 Å². The van der Waals surface area contributed by atoms with Gasteiger partial charge in [0.25, 0.3) is 0 Å². The maximum absolute atomic E-state index is 13.4. The van der Waals surface area contributed by atoms with E-state index in [2.05, 4.69) is 11.0 Å². The van der Waals surface area contributed by atoms with Gasteiger partial charge in [-0.2, -0.15) is 5.26 Å². The van der Waals surface area contributed by atoms with Crippen LogP contribution in [-0.2, 0) is 9.59 Å². The quantitative estimate of drug-likeness (QED) is 0.726. The van der Waals surface area contributed by atoms with Gasteiger partial charge >= 0.3 is 0 Å².